The number of rotatable bonds is 5. The van der Waals surface area contributed by atoms with Crippen LogP contribution in [0.2, 0.25) is 5.02 Å². The molecule has 0 aliphatic carbocycles. The van der Waals surface area contributed by atoms with Gasteiger partial charge >= 0.3 is 18.0 Å². The van der Waals surface area contributed by atoms with Gasteiger partial charge < -0.3 is 24.8 Å². The second kappa shape index (κ2) is 9.36. The molecule has 1 heterocycles. The van der Waals surface area contributed by atoms with Crippen molar-refractivity contribution in [3.05, 3.63) is 34.3 Å². The molecule has 1 unspecified atom stereocenters. The minimum atomic E-state index is -0.875. The number of carbonyl (C=O) groups is 3. The Morgan fingerprint density at radius 3 is 2.57 bits per heavy atom. The number of alkyl carbamates (subject to hydrolysis) is 1. The lowest BCUT2D eigenvalue weighted by Crippen LogP contribution is -2.36. The standard InChI is InChI=1S/C19H25ClN2O6/c1-19(2,3)28-16(23)11-5-6-12(14(20)7-11)9-22-18(25)27-17(24)15-8-13(26-4)10-21-15/h5-7,13,15,21H,8-10H2,1-4H3,(H,22,25)/t13?,15-/m0/s1. The molecule has 2 rings (SSSR count). The van der Waals surface area contributed by atoms with Gasteiger partial charge in [0.1, 0.15) is 11.6 Å². The summed E-state index contributed by atoms with van der Waals surface area (Å²) in [4.78, 5) is 35.9. The minimum absolute atomic E-state index is 0.0400. The Labute approximate surface area is 168 Å². The topological polar surface area (TPSA) is 103 Å². The fourth-order valence-electron chi connectivity index (χ4n) is 2.58. The first kappa shape index (κ1) is 22.1. The molecule has 1 aromatic rings. The van der Waals surface area contributed by atoms with Crippen molar-refractivity contribution in [1.82, 2.24) is 10.6 Å². The SMILES string of the molecule is COC1CN[C@H](C(=O)OC(=O)NCc2ccc(C(=O)OC(C)(C)C)cc2Cl)C1. The van der Waals surface area contributed by atoms with Crippen molar-refractivity contribution in [3.8, 4) is 0 Å². The van der Waals surface area contributed by atoms with E-state index < -0.39 is 29.7 Å². The van der Waals surface area contributed by atoms with Crippen LogP contribution in [0.3, 0.4) is 0 Å². The molecular formula is C19H25ClN2O6. The fraction of sp³-hybridized carbons (Fsp3) is 0.526. The average Bonchev–Trinajstić information content (AvgIpc) is 3.08. The zero-order chi connectivity index (χ0) is 20.9. The molecule has 2 N–H and O–H groups in total. The Kier molecular flexibility index (Phi) is 7.40. The monoisotopic (exact) mass is 412 g/mol. The molecule has 0 aromatic heterocycles. The second-order valence-corrected chi connectivity index (χ2v) is 7.83. The first-order chi connectivity index (χ1) is 13.1. The number of halogens is 1. The Hall–Kier alpha value is -2.16. The van der Waals surface area contributed by atoms with E-state index in [0.717, 1.165) is 0 Å². The van der Waals surface area contributed by atoms with Crippen molar-refractivity contribution in [2.45, 2.75) is 51.5 Å². The van der Waals surface area contributed by atoms with Crippen LogP contribution in [0.1, 0.15) is 43.1 Å². The van der Waals surface area contributed by atoms with E-state index in [9.17, 15) is 14.4 Å². The van der Waals surface area contributed by atoms with Gasteiger partial charge in [-0.1, -0.05) is 17.7 Å². The maximum absolute atomic E-state index is 12.1. The van der Waals surface area contributed by atoms with Crippen molar-refractivity contribution in [2.75, 3.05) is 13.7 Å². The van der Waals surface area contributed by atoms with Crippen molar-refractivity contribution in [2.24, 2.45) is 0 Å². The summed E-state index contributed by atoms with van der Waals surface area (Å²) in [6.45, 7) is 5.88. The molecular weight excluding hydrogens is 388 g/mol. The van der Waals surface area contributed by atoms with Crippen molar-refractivity contribution in [3.63, 3.8) is 0 Å². The molecule has 2 atom stereocenters. The van der Waals surface area contributed by atoms with Crippen LogP contribution in [0.25, 0.3) is 0 Å². The van der Waals surface area contributed by atoms with E-state index in [0.29, 0.717) is 24.1 Å². The third-order valence-corrected chi connectivity index (χ3v) is 4.36. The van der Waals surface area contributed by atoms with Gasteiger partial charge in [0, 0.05) is 31.6 Å². The second-order valence-electron chi connectivity index (χ2n) is 7.42. The predicted octanol–water partition coefficient (Wildman–Crippen LogP) is 2.42. The summed E-state index contributed by atoms with van der Waals surface area (Å²) in [5.74, 6) is -1.15. The van der Waals surface area contributed by atoms with Gasteiger partial charge in [-0.25, -0.2) is 14.4 Å². The highest BCUT2D eigenvalue weighted by atomic mass is 35.5. The number of ether oxygens (including phenoxy) is 3. The van der Waals surface area contributed by atoms with Crippen LogP contribution in [-0.4, -0.2) is 49.4 Å². The van der Waals surface area contributed by atoms with Gasteiger partial charge in [0.25, 0.3) is 0 Å². The largest absolute Gasteiger partial charge is 0.456 e. The lowest BCUT2D eigenvalue weighted by atomic mass is 10.1. The summed E-state index contributed by atoms with van der Waals surface area (Å²) in [7, 11) is 1.56. The highest BCUT2D eigenvalue weighted by Gasteiger charge is 2.31. The Bertz CT molecular complexity index is 746. The van der Waals surface area contributed by atoms with E-state index in [4.69, 9.17) is 25.8 Å². The third-order valence-electron chi connectivity index (χ3n) is 4.01. The van der Waals surface area contributed by atoms with E-state index in [2.05, 4.69) is 10.6 Å². The van der Waals surface area contributed by atoms with Gasteiger partial charge in [-0.15, -0.1) is 0 Å². The zero-order valence-electron chi connectivity index (χ0n) is 16.3. The van der Waals surface area contributed by atoms with Gasteiger partial charge in [0.05, 0.1) is 11.7 Å². The first-order valence-electron chi connectivity index (χ1n) is 8.86. The van der Waals surface area contributed by atoms with Gasteiger partial charge in [0.15, 0.2) is 0 Å². The van der Waals surface area contributed by atoms with Gasteiger partial charge in [-0.3, -0.25) is 0 Å². The number of hydrogen-bond acceptors (Lipinski definition) is 7. The highest BCUT2D eigenvalue weighted by molar-refractivity contribution is 6.31. The maximum Gasteiger partial charge on any atom is 0.415 e. The third kappa shape index (κ3) is 6.47. The summed E-state index contributed by atoms with van der Waals surface area (Å²) in [6.07, 6.45) is -0.511. The van der Waals surface area contributed by atoms with Crippen molar-refractivity contribution in [1.29, 1.82) is 0 Å². The molecule has 1 amide bonds. The smallest absolute Gasteiger partial charge is 0.415 e. The van der Waals surface area contributed by atoms with Gasteiger partial charge in [-0.05, 0) is 38.5 Å². The van der Waals surface area contributed by atoms with Crippen molar-refractivity contribution < 1.29 is 28.6 Å². The van der Waals surface area contributed by atoms with Crippen LogP contribution < -0.4 is 10.6 Å². The lowest BCUT2D eigenvalue weighted by molar-refractivity contribution is -0.139. The Morgan fingerprint density at radius 2 is 2.00 bits per heavy atom. The molecule has 1 saturated heterocycles. The predicted molar refractivity (Wildman–Crippen MR) is 102 cm³/mol. The lowest BCUT2D eigenvalue weighted by Gasteiger charge is -2.19. The molecule has 1 aliphatic rings. The zero-order valence-corrected chi connectivity index (χ0v) is 17.1. The van der Waals surface area contributed by atoms with E-state index in [1.807, 2.05) is 0 Å². The van der Waals surface area contributed by atoms with E-state index in [-0.39, 0.29) is 17.7 Å². The summed E-state index contributed by atoms with van der Waals surface area (Å²) in [6, 6.07) is 4.05. The molecule has 9 heteroatoms. The molecule has 154 valence electrons. The van der Waals surface area contributed by atoms with Crippen LogP contribution in [0, 0.1) is 0 Å². The Morgan fingerprint density at radius 1 is 1.29 bits per heavy atom. The molecule has 1 aromatic carbocycles. The number of hydrogen-bond donors (Lipinski definition) is 2. The number of nitrogens with one attached hydrogen (secondary N) is 2. The number of benzene rings is 1. The molecule has 8 nitrogen and oxygen atoms in total. The van der Waals surface area contributed by atoms with E-state index >= 15 is 0 Å². The Balaban J connectivity index is 1.86. The molecule has 1 aliphatic heterocycles. The van der Waals surface area contributed by atoms with Crippen LogP contribution in [-0.2, 0) is 25.5 Å². The quantitative estimate of drug-likeness (QED) is 0.565. The molecule has 0 bridgehead atoms. The molecule has 28 heavy (non-hydrogen) atoms. The minimum Gasteiger partial charge on any atom is -0.456 e. The van der Waals surface area contributed by atoms with Crippen LogP contribution in [0.15, 0.2) is 18.2 Å². The summed E-state index contributed by atoms with van der Waals surface area (Å²) in [5, 5.41) is 5.69. The van der Waals surface area contributed by atoms with Gasteiger partial charge in [0.2, 0.25) is 0 Å². The average molecular weight is 413 g/mol. The van der Waals surface area contributed by atoms with Crippen LogP contribution in [0.5, 0.6) is 0 Å². The number of methoxy groups -OCH3 is 1. The van der Waals surface area contributed by atoms with E-state index in [1.54, 1.807) is 40.0 Å². The molecule has 0 radical (unpaired) electrons. The molecule has 1 fully saturated rings. The van der Waals surface area contributed by atoms with Crippen LogP contribution in [0.4, 0.5) is 4.79 Å². The van der Waals surface area contributed by atoms with Gasteiger partial charge in [-0.2, -0.15) is 0 Å². The van der Waals surface area contributed by atoms with E-state index in [1.165, 1.54) is 6.07 Å². The molecule has 0 spiro atoms. The number of carbonyl (C=O) groups excluding carboxylic acids is 3. The highest BCUT2D eigenvalue weighted by Crippen LogP contribution is 2.20. The number of esters is 2. The maximum atomic E-state index is 12.1. The first-order valence-corrected chi connectivity index (χ1v) is 9.24. The summed E-state index contributed by atoms with van der Waals surface area (Å²) in [5.41, 5.74) is 0.260. The normalized spacial score (nSPS) is 19.2. The van der Waals surface area contributed by atoms with Crippen LogP contribution >= 0.6 is 11.6 Å². The number of amides is 1. The summed E-state index contributed by atoms with van der Waals surface area (Å²) < 4.78 is 15.2. The molecule has 0 saturated carbocycles. The fourth-order valence-corrected chi connectivity index (χ4v) is 2.83. The van der Waals surface area contributed by atoms with Crippen molar-refractivity contribution >= 4 is 29.6 Å². The summed E-state index contributed by atoms with van der Waals surface area (Å²) >= 11 is 6.18.